The van der Waals surface area contributed by atoms with Gasteiger partial charge in [0.05, 0.1) is 6.21 Å². The maximum Gasteiger partial charge on any atom is 0.167 e. The molecule has 0 unspecified atom stereocenters. The number of halogens is 1. The van der Waals surface area contributed by atoms with Gasteiger partial charge in [0.25, 0.3) is 0 Å². The molecule has 0 aliphatic heterocycles. The first kappa shape index (κ1) is 11.5. The Morgan fingerprint density at radius 2 is 2.33 bits per heavy atom. The number of nitrogens with zero attached hydrogens (tertiary/aromatic N) is 1. The molecule has 5 nitrogen and oxygen atoms in total. The molecule has 80 valence electrons. The van der Waals surface area contributed by atoms with Crippen molar-refractivity contribution in [2.75, 3.05) is 5.32 Å². The Morgan fingerprint density at radius 1 is 1.60 bits per heavy atom. The number of nitrogens with one attached hydrogen (secondary N) is 2. The van der Waals surface area contributed by atoms with Gasteiger partial charge in [0.2, 0.25) is 0 Å². The van der Waals surface area contributed by atoms with Crippen LogP contribution in [0.1, 0.15) is 5.56 Å². The maximum atomic E-state index is 7.02. The highest BCUT2D eigenvalue weighted by Crippen LogP contribution is 2.19. The number of anilines is 1. The normalized spacial score (nSPS) is 11.2. The van der Waals surface area contributed by atoms with Crippen LogP contribution < -0.4 is 16.9 Å². The molecule has 0 radical (unpaired) electrons. The molecule has 0 saturated heterocycles. The van der Waals surface area contributed by atoms with E-state index in [1.165, 1.54) is 0 Å². The summed E-state index contributed by atoms with van der Waals surface area (Å²) in [7, 11) is 0. The highest BCUT2D eigenvalue weighted by Gasteiger charge is 2.03. The summed E-state index contributed by atoms with van der Waals surface area (Å²) < 4.78 is 0. The molecule has 0 aliphatic carbocycles. The minimum Gasteiger partial charge on any atom is -0.337 e. The molecule has 0 fully saturated rings. The van der Waals surface area contributed by atoms with Crippen LogP contribution in [0, 0.1) is 5.41 Å². The van der Waals surface area contributed by atoms with E-state index in [4.69, 9.17) is 28.6 Å². The SMILES string of the molecule is N=C/C(=N\N)Nc1ccc(Cl)cc1CN. The fourth-order valence-electron chi connectivity index (χ4n) is 1.10. The number of benzene rings is 1. The first-order valence-corrected chi connectivity index (χ1v) is 4.63. The van der Waals surface area contributed by atoms with Crippen molar-refractivity contribution in [2.45, 2.75) is 6.54 Å². The van der Waals surface area contributed by atoms with E-state index >= 15 is 0 Å². The van der Waals surface area contributed by atoms with Gasteiger partial charge in [-0.2, -0.15) is 5.10 Å². The highest BCUT2D eigenvalue weighted by atomic mass is 35.5. The molecule has 0 bridgehead atoms. The molecule has 0 spiro atoms. The summed E-state index contributed by atoms with van der Waals surface area (Å²) in [5.74, 6) is 5.33. The van der Waals surface area contributed by atoms with Crippen molar-refractivity contribution in [1.29, 1.82) is 5.41 Å². The third kappa shape index (κ3) is 2.93. The van der Waals surface area contributed by atoms with Crippen molar-refractivity contribution >= 4 is 29.3 Å². The molecular weight excluding hydrogens is 214 g/mol. The van der Waals surface area contributed by atoms with Crippen LogP contribution in [0.3, 0.4) is 0 Å². The predicted molar refractivity (Wildman–Crippen MR) is 63.4 cm³/mol. The molecule has 0 amide bonds. The summed E-state index contributed by atoms with van der Waals surface area (Å²) in [5, 5.41) is 13.9. The topological polar surface area (TPSA) is 100 Å². The zero-order valence-corrected chi connectivity index (χ0v) is 8.75. The molecular formula is C9H12ClN5. The fraction of sp³-hybridized carbons (Fsp3) is 0.111. The van der Waals surface area contributed by atoms with E-state index in [1.807, 2.05) is 0 Å². The van der Waals surface area contributed by atoms with Crippen molar-refractivity contribution in [2.24, 2.45) is 16.7 Å². The molecule has 1 aromatic carbocycles. The molecule has 6 heteroatoms. The van der Waals surface area contributed by atoms with E-state index in [1.54, 1.807) is 18.2 Å². The molecule has 0 atom stereocenters. The van der Waals surface area contributed by atoms with Crippen molar-refractivity contribution in [3.05, 3.63) is 28.8 Å². The number of hydrogen-bond acceptors (Lipinski definition) is 4. The van der Waals surface area contributed by atoms with Crippen molar-refractivity contribution < 1.29 is 0 Å². The zero-order valence-electron chi connectivity index (χ0n) is 8.00. The van der Waals surface area contributed by atoms with Crippen molar-refractivity contribution in [3.63, 3.8) is 0 Å². The average molecular weight is 226 g/mol. The molecule has 6 N–H and O–H groups in total. The molecule has 15 heavy (non-hydrogen) atoms. The lowest BCUT2D eigenvalue weighted by Crippen LogP contribution is -2.17. The van der Waals surface area contributed by atoms with Gasteiger partial charge >= 0.3 is 0 Å². The Bertz CT molecular complexity index is 388. The van der Waals surface area contributed by atoms with E-state index in [0.717, 1.165) is 17.5 Å². The molecule has 1 aromatic rings. The van der Waals surface area contributed by atoms with Gasteiger partial charge in [-0.3, -0.25) is 0 Å². The zero-order chi connectivity index (χ0) is 11.3. The highest BCUT2D eigenvalue weighted by molar-refractivity contribution is 6.34. The van der Waals surface area contributed by atoms with Gasteiger partial charge in [0.1, 0.15) is 0 Å². The third-order valence-electron chi connectivity index (χ3n) is 1.83. The van der Waals surface area contributed by atoms with Gasteiger partial charge in [0.15, 0.2) is 5.84 Å². The summed E-state index contributed by atoms with van der Waals surface area (Å²) in [6.07, 6.45) is 1.02. The minimum absolute atomic E-state index is 0.257. The monoisotopic (exact) mass is 225 g/mol. The van der Waals surface area contributed by atoms with Gasteiger partial charge in [-0.05, 0) is 23.8 Å². The lowest BCUT2D eigenvalue weighted by Gasteiger charge is -2.09. The van der Waals surface area contributed by atoms with Crippen molar-refractivity contribution in [3.8, 4) is 0 Å². The number of hydrazone groups is 1. The summed E-state index contributed by atoms with van der Waals surface area (Å²) in [6, 6.07) is 5.24. The van der Waals surface area contributed by atoms with E-state index < -0.39 is 0 Å². The summed E-state index contributed by atoms with van der Waals surface area (Å²) in [4.78, 5) is 0. The van der Waals surface area contributed by atoms with Crippen molar-refractivity contribution in [1.82, 2.24) is 0 Å². The Kier molecular flexibility index (Phi) is 4.08. The first-order chi connectivity index (χ1) is 7.21. The molecule has 0 saturated carbocycles. The van der Waals surface area contributed by atoms with Crippen LogP contribution in [-0.4, -0.2) is 12.1 Å². The number of amidine groups is 1. The second kappa shape index (κ2) is 5.33. The Balaban J connectivity index is 2.98. The number of rotatable bonds is 3. The van der Waals surface area contributed by atoms with Gasteiger partial charge in [-0.1, -0.05) is 11.6 Å². The first-order valence-electron chi connectivity index (χ1n) is 4.25. The van der Waals surface area contributed by atoms with E-state index in [0.29, 0.717) is 11.6 Å². The van der Waals surface area contributed by atoms with E-state index in [2.05, 4.69) is 10.4 Å². The quantitative estimate of drug-likeness (QED) is 0.269. The second-order valence-electron chi connectivity index (χ2n) is 2.79. The lowest BCUT2D eigenvalue weighted by atomic mass is 10.2. The summed E-state index contributed by atoms with van der Waals surface area (Å²) in [6.45, 7) is 0.346. The minimum atomic E-state index is 0.257. The lowest BCUT2D eigenvalue weighted by molar-refractivity contribution is 1.07. The van der Waals surface area contributed by atoms with Crippen LogP contribution in [0.2, 0.25) is 5.02 Å². The van der Waals surface area contributed by atoms with Gasteiger partial charge in [-0.15, -0.1) is 0 Å². The van der Waals surface area contributed by atoms with Crippen LogP contribution in [0.25, 0.3) is 0 Å². The molecule has 0 heterocycles. The maximum absolute atomic E-state index is 7.02. The predicted octanol–water partition coefficient (Wildman–Crippen LogP) is 1.13. The Labute approximate surface area is 92.6 Å². The summed E-state index contributed by atoms with van der Waals surface area (Å²) >= 11 is 5.82. The fourth-order valence-corrected chi connectivity index (χ4v) is 1.29. The average Bonchev–Trinajstić information content (AvgIpc) is 2.27. The van der Waals surface area contributed by atoms with Gasteiger partial charge in [-0.25, -0.2) is 0 Å². The van der Waals surface area contributed by atoms with Crippen LogP contribution in [0.4, 0.5) is 5.69 Å². The van der Waals surface area contributed by atoms with Gasteiger partial charge < -0.3 is 22.3 Å². The van der Waals surface area contributed by atoms with Crippen LogP contribution in [0.15, 0.2) is 23.3 Å². The molecule has 1 rings (SSSR count). The number of nitrogens with two attached hydrogens (primary N) is 2. The van der Waals surface area contributed by atoms with Crippen LogP contribution in [-0.2, 0) is 6.54 Å². The number of hydrogen-bond donors (Lipinski definition) is 4. The Morgan fingerprint density at radius 3 is 2.87 bits per heavy atom. The molecule has 0 aliphatic rings. The molecule has 0 aromatic heterocycles. The standard InChI is InChI=1S/C9H12ClN5/c10-7-1-2-8(6(3-7)4-11)14-9(5-12)15-13/h1-3,5,12H,4,11,13H2,(H,14,15). The largest absolute Gasteiger partial charge is 0.337 e. The van der Waals surface area contributed by atoms with Crippen LogP contribution in [0.5, 0.6) is 0 Å². The van der Waals surface area contributed by atoms with E-state index in [-0.39, 0.29) is 5.84 Å². The van der Waals surface area contributed by atoms with Crippen LogP contribution >= 0.6 is 11.6 Å². The smallest absolute Gasteiger partial charge is 0.167 e. The van der Waals surface area contributed by atoms with E-state index in [9.17, 15) is 0 Å². The second-order valence-corrected chi connectivity index (χ2v) is 3.23. The van der Waals surface area contributed by atoms with Gasteiger partial charge in [0, 0.05) is 17.3 Å². The summed E-state index contributed by atoms with van der Waals surface area (Å²) in [5.41, 5.74) is 7.13. The Hall–Kier alpha value is -1.59. The third-order valence-corrected chi connectivity index (χ3v) is 2.06.